The lowest BCUT2D eigenvalue weighted by molar-refractivity contribution is 0.778. The van der Waals surface area contributed by atoms with Crippen LogP contribution >= 0.6 is 11.8 Å². The summed E-state index contributed by atoms with van der Waals surface area (Å²) in [7, 11) is 0. The van der Waals surface area contributed by atoms with Gasteiger partial charge in [-0.15, -0.1) is 16.9 Å². The van der Waals surface area contributed by atoms with Gasteiger partial charge in [0.2, 0.25) is 0 Å². The second-order valence-electron chi connectivity index (χ2n) is 3.64. The fraction of sp³-hybridized carbons (Fsp3) is 0.417. The molecule has 0 N–H and O–H groups in total. The highest BCUT2D eigenvalue weighted by Gasteiger charge is 2.03. The van der Waals surface area contributed by atoms with Gasteiger partial charge in [0, 0.05) is 6.20 Å². The Morgan fingerprint density at radius 2 is 2.25 bits per heavy atom. The molecule has 0 spiro atoms. The molecule has 4 heteroatoms. The summed E-state index contributed by atoms with van der Waals surface area (Å²) in [6.07, 6.45) is 7.41. The van der Waals surface area contributed by atoms with Gasteiger partial charge >= 0.3 is 0 Å². The van der Waals surface area contributed by atoms with Crippen LogP contribution in [0.2, 0.25) is 0 Å². The summed E-state index contributed by atoms with van der Waals surface area (Å²) in [6, 6.07) is 3.84. The van der Waals surface area contributed by atoms with Gasteiger partial charge < -0.3 is 0 Å². The summed E-state index contributed by atoms with van der Waals surface area (Å²) in [5, 5.41) is 8.06. The molecule has 0 amide bonds. The quantitative estimate of drug-likeness (QED) is 0.586. The predicted octanol–water partition coefficient (Wildman–Crippen LogP) is 3.31. The van der Waals surface area contributed by atoms with E-state index in [1.165, 1.54) is 19.3 Å². The van der Waals surface area contributed by atoms with Crippen LogP contribution in [0.4, 0.5) is 0 Å². The highest BCUT2D eigenvalue weighted by atomic mass is 32.2. The largest absolute Gasteiger partial charge is 0.253 e. The van der Waals surface area contributed by atoms with Crippen LogP contribution in [-0.4, -0.2) is 20.9 Å². The van der Waals surface area contributed by atoms with Crippen LogP contribution in [0, 0.1) is 0 Å². The number of hydrogen-bond donors (Lipinski definition) is 0. The molecular formula is C12H15N3S. The van der Waals surface area contributed by atoms with Crippen molar-refractivity contribution in [2.75, 3.05) is 5.75 Å². The van der Waals surface area contributed by atoms with Crippen LogP contribution < -0.4 is 0 Å². The maximum Gasteiger partial charge on any atom is 0.113 e. The van der Waals surface area contributed by atoms with Crippen LogP contribution in [0.25, 0.3) is 11.0 Å². The van der Waals surface area contributed by atoms with Crippen LogP contribution in [-0.2, 0) is 0 Å². The van der Waals surface area contributed by atoms with Crippen molar-refractivity contribution in [3.05, 3.63) is 24.5 Å². The summed E-state index contributed by atoms with van der Waals surface area (Å²) < 4.78 is 0. The summed E-state index contributed by atoms with van der Waals surface area (Å²) >= 11 is 1.82. The van der Waals surface area contributed by atoms with Gasteiger partial charge in [-0.1, -0.05) is 19.8 Å². The minimum Gasteiger partial charge on any atom is -0.253 e. The van der Waals surface area contributed by atoms with E-state index in [-0.39, 0.29) is 0 Å². The first-order valence-electron chi connectivity index (χ1n) is 5.61. The Hall–Kier alpha value is -1.16. The predicted molar refractivity (Wildman–Crippen MR) is 67.6 cm³/mol. The second-order valence-corrected chi connectivity index (χ2v) is 4.77. The second kappa shape index (κ2) is 5.80. The lowest BCUT2D eigenvalue weighted by atomic mass is 10.3. The van der Waals surface area contributed by atoms with Crippen molar-refractivity contribution in [2.24, 2.45) is 0 Å². The molecular weight excluding hydrogens is 218 g/mol. The number of unbranched alkanes of at least 4 members (excludes halogenated alkanes) is 2. The number of fused-ring (bicyclic) bond motifs is 1. The molecule has 0 unspecified atom stereocenters. The van der Waals surface area contributed by atoms with E-state index in [2.05, 4.69) is 22.1 Å². The minimum atomic E-state index is 0.878. The highest BCUT2D eigenvalue weighted by Crippen LogP contribution is 2.24. The highest BCUT2D eigenvalue weighted by molar-refractivity contribution is 7.99. The smallest absolute Gasteiger partial charge is 0.113 e. The summed E-state index contributed by atoms with van der Waals surface area (Å²) in [4.78, 5) is 5.50. The zero-order chi connectivity index (χ0) is 11.2. The third kappa shape index (κ3) is 2.70. The summed E-state index contributed by atoms with van der Waals surface area (Å²) in [6.45, 7) is 2.22. The Morgan fingerprint density at radius 3 is 3.12 bits per heavy atom. The summed E-state index contributed by atoms with van der Waals surface area (Å²) in [5.74, 6) is 1.13. The van der Waals surface area contributed by atoms with E-state index >= 15 is 0 Å². The fourth-order valence-corrected chi connectivity index (χ4v) is 2.50. The Kier molecular flexibility index (Phi) is 4.10. The van der Waals surface area contributed by atoms with Crippen LogP contribution in [0.15, 0.2) is 29.4 Å². The normalized spacial score (nSPS) is 10.8. The number of rotatable bonds is 5. The van der Waals surface area contributed by atoms with Crippen molar-refractivity contribution in [3.63, 3.8) is 0 Å². The SMILES string of the molecule is CCCCCSc1cnnc2cccnc12. The third-order valence-electron chi connectivity index (χ3n) is 2.37. The number of pyridine rings is 1. The van der Waals surface area contributed by atoms with E-state index in [1.54, 1.807) is 6.20 Å². The van der Waals surface area contributed by atoms with E-state index in [9.17, 15) is 0 Å². The van der Waals surface area contributed by atoms with E-state index in [0.29, 0.717) is 0 Å². The average molecular weight is 233 g/mol. The van der Waals surface area contributed by atoms with E-state index in [4.69, 9.17) is 0 Å². The molecule has 0 atom stereocenters. The molecule has 2 rings (SSSR count). The molecule has 84 valence electrons. The molecule has 0 aliphatic carbocycles. The van der Waals surface area contributed by atoms with Crippen molar-refractivity contribution in [1.82, 2.24) is 15.2 Å². The minimum absolute atomic E-state index is 0.878. The Morgan fingerprint density at radius 1 is 1.31 bits per heavy atom. The van der Waals surface area contributed by atoms with Gasteiger partial charge in [-0.3, -0.25) is 4.98 Å². The molecule has 0 saturated heterocycles. The lowest BCUT2D eigenvalue weighted by Crippen LogP contribution is -1.89. The number of nitrogens with zero attached hydrogens (tertiary/aromatic N) is 3. The van der Waals surface area contributed by atoms with Crippen molar-refractivity contribution in [3.8, 4) is 0 Å². The van der Waals surface area contributed by atoms with Gasteiger partial charge in [-0.2, -0.15) is 5.10 Å². The van der Waals surface area contributed by atoms with E-state index in [0.717, 1.165) is 21.7 Å². The Balaban J connectivity index is 2.11. The van der Waals surface area contributed by atoms with Gasteiger partial charge in [0.25, 0.3) is 0 Å². The van der Waals surface area contributed by atoms with Crippen LogP contribution in [0.1, 0.15) is 26.2 Å². The standard InChI is InChI=1S/C12H15N3S/c1-2-3-4-8-16-11-9-14-15-10-6-5-7-13-12(10)11/h5-7,9H,2-4,8H2,1H3. The molecule has 0 radical (unpaired) electrons. The van der Waals surface area contributed by atoms with Gasteiger partial charge in [0.1, 0.15) is 11.0 Å². The van der Waals surface area contributed by atoms with E-state index < -0.39 is 0 Å². The third-order valence-corrected chi connectivity index (χ3v) is 3.47. The molecule has 0 aliphatic rings. The Labute approximate surface area is 99.7 Å². The van der Waals surface area contributed by atoms with Crippen LogP contribution in [0.3, 0.4) is 0 Å². The molecule has 3 nitrogen and oxygen atoms in total. The topological polar surface area (TPSA) is 38.7 Å². The van der Waals surface area contributed by atoms with Crippen molar-refractivity contribution < 1.29 is 0 Å². The van der Waals surface area contributed by atoms with Gasteiger partial charge in [0.15, 0.2) is 0 Å². The monoisotopic (exact) mass is 233 g/mol. The first-order chi connectivity index (χ1) is 7.92. The zero-order valence-electron chi connectivity index (χ0n) is 9.39. The molecule has 0 bridgehead atoms. The first-order valence-corrected chi connectivity index (χ1v) is 6.59. The molecule has 0 fully saturated rings. The molecule has 16 heavy (non-hydrogen) atoms. The molecule has 2 aromatic rings. The molecule has 0 aliphatic heterocycles. The van der Waals surface area contributed by atoms with Gasteiger partial charge in [-0.05, 0) is 24.3 Å². The zero-order valence-corrected chi connectivity index (χ0v) is 10.2. The summed E-state index contributed by atoms with van der Waals surface area (Å²) in [5.41, 5.74) is 1.85. The fourth-order valence-electron chi connectivity index (χ4n) is 1.51. The average Bonchev–Trinajstić information content (AvgIpc) is 2.35. The van der Waals surface area contributed by atoms with Crippen molar-refractivity contribution in [1.29, 1.82) is 0 Å². The van der Waals surface area contributed by atoms with Crippen molar-refractivity contribution in [2.45, 2.75) is 31.1 Å². The molecule has 2 aromatic heterocycles. The number of thioether (sulfide) groups is 1. The Bertz CT molecular complexity index is 453. The van der Waals surface area contributed by atoms with E-state index in [1.807, 2.05) is 30.1 Å². The maximum atomic E-state index is 4.36. The lowest BCUT2D eigenvalue weighted by Gasteiger charge is -2.03. The maximum absolute atomic E-state index is 4.36. The van der Waals surface area contributed by atoms with Gasteiger partial charge in [0.05, 0.1) is 11.1 Å². The molecule has 2 heterocycles. The molecule has 0 saturated carbocycles. The van der Waals surface area contributed by atoms with Gasteiger partial charge in [-0.25, -0.2) is 0 Å². The van der Waals surface area contributed by atoms with Crippen molar-refractivity contribution >= 4 is 22.8 Å². The number of hydrogen-bond acceptors (Lipinski definition) is 4. The first kappa shape index (κ1) is 11.3. The van der Waals surface area contributed by atoms with Crippen LogP contribution in [0.5, 0.6) is 0 Å². The molecule has 0 aromatic carbocycles. The number of aromatic nitrogens is 3.